The van der Waals surface area contributed by atoms with Crippen molar-refractivity contribution in [2.24, 2.45) is 5.41 Å². The molecule has 116 valence electrons. The number of halogens is 1. The number of rotatable bonds is 6. The second kappa shape index (κ2) is 6.87. The molecule has 1 aromatic heterocycles. The molecule has 0 atom stereocenters. The monoisotopic (exact) mass is 382 g/mol. The van der Waals surface area contributed by atoms with Crippen molar-refractivity contribution in [2.75, 3.05) is 20.1 Å². The van der Waals surface area contributed by atoms with Gasteiger partial charge in [-0.1, -0.05) is 27.7 Å². The van der Waals surface area contributed by atoms with Gasteiger partial charge in [0.2, 0.25) is 10.0 Å². The van der Waals surface area contributed by atoms with E-state index >= 15 is 0 Å². The lowest BCUT2D eigenvalue weighted by Gasteiger charge is -2.25. The maximum atomic E-state index is 12.6. The van der Waals surface area contributed by atoms with Crippen LogP contribution in [0.15, 0.2) is 14.7 Å². The Morgan fingerprint density at radius 3 is 2.50 bits per heavy atom. The van der Waals surface area contributed by atoms with Crippen molar-refractivity contribution in [1.29, 1.82) is 0 Å². The summed E-state index contributed by atoms with van der Waals surface area (Å²) in [6.07, 6.45) is 0. The summed E-state index contributed by atoms with van der Waals surface area (Å²) in [5, 5.41) is 3.21. The van der Waals surface area contributed by atoms with Gasteiger partial charge in [-0.2, -0.15) is 0 Å². The number of sulfonamides is 1. The van der Waals surface area contributed by atoms with Gasteiger partial charge in [0.15, 0.2) is 0 Å². The molecule has 4 nitrogen and oxygen atoms in total. The van der Waals surface area contributed by atoms with Crippen LogP contribution in [0.5, 0.6) is 0 Å². The molecular weight excluding hydrogens is 360 g/mol. The van der Waals surface area contributed by atoms with Crippen LogP contribution in [0.25, 0.3) is 0 Å². The molecule has 1 aromatic rings. The molecule has 0 radical (unpaired) electrons. The van der Waals surface area contributed by atoms with E-state index in [2.05, 4.69) is 21.2 Å². The first-order chi connectivity index (χ1) is 9.08. The largest absolute Gasteiger partial charge is 0.312 e. The van der Waals surface area contributed by atoms with Crippen LogP contribution in [0.4, 0.5) is 0 Å². The maximum absolute atomic E-state index is 12.6. The average molecular weight is 383 g/mol. The van der Waals surface area contributed by atoms with Crippen LogP contribution in [-0.2, 0) is 16.6 Å². The minimum atomic E-state index is -3.44. The van der Waals surface area contributed by atoms with Crippen molar-refractivity contribution >= 4 is 37.3 Å². The molecule has 0 amide bonds. The van der Waals surface area contributed by atoms with Crippen molar-refractivity contribution in [1.82, 2.24) is 9.62 Å². The molecule has 0 saturated heterocycles. The molecule has 0 aliphatic rings. The average Bonchev–Trinajstić information content (AvgIpc) is 2.66. The van der Waals surface area contributed by atoms with Crippen LogP contribution < -0.4 is 5.32 Å². The first-order valence-corrected chi connectivity index (χ1v) is 9.58. The van der Waals surface area contributed by atoms with Crippen molar-refractivity contribution in [3.05, 3.63) is 14.7 Å². The van der Waals surface area contributed by atoms with Crippen molar-refractivity contribution in [3.63, 3.8) is 0 Å². The highest BCUT2D eigenvalue weighted by Gasteiger charge is 2.28. The van der Waals surface area contributed by atoms with Gasteiger partial charge in [0, 0.05) is 25.0 Å². The third-order valence-corrected chi connectivity index (χ3v) is 6.70. The molecule has 20 heavy (non-hydrogen) atoms. The zero-order chi connectivity index (χ0) is 15.6. The molecule has 0 fully saturated rings. The predicted octanol–water partition coefficient (Wildman–Crippen LogP) is 3.29. The van der Waals surface area contributed by atoms with Crippen LogP contribution >= 0.6 is 27.3 Å². The van der Waals surface area contributed by atoms with Crippen LogP contribution in [0.2, 0.25) is 0 Å². The molecule has 0 spiro atoms. The Kier molecular flexibility index (Phi) is 6.22. The minimum absolute atomic E-state index is 0.0725. The molecule has 0 aromatic carbocycles. The Morgan fingerprint density at radius 1 is 1.40 bits per heavy atom. The summed E-state index contributed by atoms with van der Waals surface area (Å²) < 4.78 is 27.3. The quantitative estimate of drug-likeness (QED) is 0.820. The number of nitrogens with zero attached hydrogens (tertiary/aromatic N) is 1. The fourth-order valence-corrected chi connectivity index (χ4v) is 5.83. The summed E-state index contributed by atoms with van der Waals surface area (Å²) in [4.78, 5) is 1.38. The topological polar surface area (TPSA) is 49.4 Å². The van der Waals surface area contributed by atoms with Gasteiger partial charge < -0.3 is 5.32 Å². The molecule has 1 N–H and O–H groups in total. The Balaban J connectivity index is 3.00. The fraction of sp³-hybridized carbons (Fsp3) is 0.692. The highest BCUT2D eigenvalue weighted by atomic mass is 79.9. The zero-order valence-electron chi connectivity index (χ0n) is 12.7. The van der Waals surface area contributed by atoms with Gasteiger partial charge in [0.25, 0.3) is 0 Å². The number of thiophene rings is 1. The zero-order valence-corrected chi connectivity index (χ0v) is 15.9. The third-order valence-electron chi connectivity index (χ3n) is 2.64. The van der Waals surface area contributed by atoms with Crippen LogP contribution in [-0.4, -0.2) is 32.9 Å². The van der Waals surface area contributed by atoms with Gasteiger partial charge in [0.1, 0.15) is 4.90 Å². The van der Waals surface area contributed by atoms with E-state index in [1.54, 1.807) is 13.1 Å². The van der Waals surface area contributed by atoms with Crippen LogP contribution in [0, 0.1) is 5.41 Å². The smallest absolute Gasteiger partial charge is 0.244 e. The molecule has 1 heterocycles. The van der Waals surface area contributed by atoms with E-state index in [4.69, 9.17) is 0 Å². The molecule has 0 unspecified atom stereocenters. The maximum Gasteiger partial charge on any atom is 0.244 e. The minimum Gasteiger partial charge on any atom is -0.312 e. The Morgan fingerprint density at radius 2 is 2.00 bits per heavy atom. The van der Waals surface area contributed by atoms with E-state index in [1.165, 1.54) is 15.6 Å². The lowest BCUT2D eigenvalue weighted by Crippen LogP contribution is -2.34. The highest BCUT2D eigenvalue weighted by molar-refractivity contribution is 9.11. The van der Waals surface area contributed by atoms with E-state index in [0.717, 1.165) is 11.4 Å². The third kappa shape index (κ3) is 4.80. The first-order valence-electron chi connectivity index (χ1n) is 6.53. The van der Waals surface area contributed by atoms with Crippen molar-refractivity contribution in [3.8, 4) is 0 Å². The summed E-state index contributed by atoms with van der Waals surface area (Å²) in [7, 11) is -1.80. The molecule has 7 heteroatoms. The van der Waals surface area contributed by atoms with Gasteiger partial charge >= 0.3 is 0 Å². The van der Waals surface area contributed by atoms with Crippen LogP contribution in [0.1, 0.15) is 32.6 Å². The van der Waals surface area contributed by atoms with Crippen molar-refractivity contribution < 1.29 is 8.42 Å². The standard InChI is InChI=1S/C13H23BrN2O2S2/c1-6-15-8-10-7-11(12(14)19-10)20(17,18)16(5)9-13(2,3)4/h7,15H,6,8-9H2,1-5H3. The van der Waals surface area contributed by atoms with Gasteiger partial charge in [0.05, 0.1) is 3.79 Å². The van der Waals surface area contributed by atoms with Gasteiger partial charge in [-0.05, 0) is 34.0 Å². The first kappa shape index (κ1) is 18.1. The van der Waals surface area contributed by atoms with Gasteiger partial charge in [-0.25, -0.2) is 12.7 Å². The fourth-order valence-electron chi connectivity index (χ4n) is 1.83. The van der Waals surface area contributed by atoms with E-state index in [-0.39, 0.29) is 5.41 Å². The number of hydrogen-bond donors (Lipinski definition) is 1. The van der Waals surface area contributed by atoms with E-state index in [0.29, 0.717) is 21.8 Å². The molecular formula is C13H23BrN2O2S2. The SMILES string of the molecule is CCNCc1cc(S(=O)(=O)N(C)CC(C)(C)C)c(Br)s1. The molecule has 1 rings (SSSR count). The second-order valence-corrected chi connectivity index (χ2v) is 10.4. The number of nitrogens with one attached hydrogen (secondary N) is 1. The van der Waals surface area contributed by atoms with E-state index in [1.807, 2.05) is 27.7 Å². The van der Waals surface area contributed by atoms with Gasteiger partial charge in [-0.3, -0.25) is 0 Å². The van der Waals surface area contributed by atoms with E-state index < -0.39 is 10.0 Å². The molecule has 0 bridgehead atoms. The summed E-state index contributed by atoms with van der Waals surface area (Å²) >= 11 is 4.84. The summed E-state index contributed by atoms with van der Waals surface area (Å²) in [6.45, 7) is 10.1. The van der Waals surface area contributed by atoms with Crippen LogP contribution in [0.3, 0.4) is 0 Å². The summed E-state index contributed by atoms with van der Waals surface area (Å²) in [5.41, 5.74) is -0.0725. The highest BCUT2D eigenvalue weighted by Crippen LogP contribution is 2.34. The van der Waals surface area contributed by atoms with Crippen molar-refractivity contribution in [2.45, 2.75) is 39.1 Å². The van der Waals surface area contributed by atoms with Gasteiger partial charge in [-0.15, -0.1) is 11.3 Å². The Hall–Kier alpha value is 0.0500. The summed E-state index contributed by atoms with van der Waals surface area (Å²) in [5.74, 6) is 0. The Labute approximate surface area is 134 Å². The normalized spacial score (nSPS) is 13.2. The summed E-state index contributed by atoms with van der Waals surface area (Å²) in [6, 6.07) is 1.76. The lowest BCUT2D eigenvalue weighted by atomic mass is 9.97. The lowest BCUT2D eigenvalue weighted by molar-refractivity contribution is 0.311. The van der Waals surface area contributed by atoms with E-state index in [9.17, 15) is 8.42 Å². The molecule has 0 aliphatic heterocycles. The predicted molar refractivity (Wildman–Crippen MR) is 88.7 cm³/mol. The number of hydrogen-bond acceptors (Lipinski definition) is 4. The Bertz CT molecular complexity index is 547. The molecule has 0 saturated carbocycles. The molecule has 0 aliphatic carbocycles. The second-order valence-electron chi connectivity index (χ2n) is 5.95.